The van der Waals surface area contributed by atoms with Crippen LogP contribution in [0.3, 0.4) is 0 Å². The van der Waals surface area contributed by atoms with Gasteiger partial charge in [0, 0.05) is 35.3 Å². The summed E-state index contributed by atoms with van der Waals surface area (Å²) >= 11 is 0. The number of para-hydroxylation sites is 1. The number of nitrogens with zero attached hydrogens (tertiary/aromatic N) is 1. The average Bonchev–Trinajstić information content (AvgIpc) is 3.42. The van der Waals surface area contributed by atoms with Crippen LogP contribution in [0.25, 0.3) is 11.1 Å². The number of rotatable bonds is 9. The molecule has 4 aromatic carbocycles. The third kappa shape index (κ3) is 5.73. The van der Waals surface area contributed by atoms with E-state index in [-0.39, 0.29) is 41.3 Å². The van der Waals surface area contributed by atoms with Gasteiger partial charge >= 0.3 is 18.0 Å². The zero-order chi connectivity index (χ0) is 35.9. The van der Waals surface area contributed by atoms with Gasteiger partial charge in [0.05, 0.1) is 23.3 Å². The minimum Gasteiger partial charge on any atom is -0.495 e. The highest BCUT2D eigenvalue weighted by Crippen LogP contribution is 2.56. The first kappa shape index (κ1) is 32.8. The van der Waals surface area contributed by atoms with Gasteiger partial charge in [0.2, 0.25) is 0 Å². The predicted octanol–water partition coefficient (Wildman–Crippen LogP) is 6.35. The maximum absolute atomic E-state index is 14.2. The Morgan fingerprint density at radius 2 is 1.73 bits per heavy atom. The Kier molecular flexibility index (Phi) is 8.31. The number of aryl methyl sites for hydroxylation is 1. The Bertz CT molecular complexity index is 2220. The number of esters is 1. The lowest BCUT2D eigenvalue weighted by Gasteiger charge is -2.42. The molecule has 4 aromatic rings. The molecule has 2 heterocycles. The summed E-state index contributed by atoms with van der Waals surface area (Å²) in [5.74, 6) is -2.18. The van der Waals surface area contributed by atoms with E-state index in [9.17, 15) is 34.4 Å². The van der Waals surface area contributed by atoms with Gasteiger partial charge in [0.1, 0.15) is 29.8 Å². The summed E-state index contributed by atoms with van der Waals surface area (Å²) in [5, 5.41) is 23.4. The molecule has 1 amide bonds. The number of hydrogen-bond acceptors (Lipinski definition) is 10. The maximum Gasteiger partial charge on any atom is 0.412 e. The van der Waals surface area contributed by atoms with E-state index in [1.165, 1.54) is 37.5 Å². The van der Waals surface area contributed by atoms with Gasteiger partial charge in [-0.3, -0.25) is 25.0 Å². The molecule has 1 spiro atoms. The van der Waals surface area contributed by atoms with Crippen molar-refractivity contribution in [3.8, 4) is 22.6 Å². The number of ether oxygens (including phenoxy) is 4. The number of hydrogen-bond donors (Lipinski definition) is 2. The first-order chi connectivity index (χ1) is 24.6. The lowest BCUT2D eigenvalue weighted by Crippen LogP contribution is -2.48. The molecule has 0 saturated carbocycles. The largest absolute Gasteiger partial charge is 0.495 e. The van der Waals surface area contributed by atoms with E-state index >= 15 is 0 Å². The number of carboxylic acids is 1. The predicted molar refractivity (Wildman–Crippen MR) is 180 cm³/mol. The number of nitrogens with one attached hydrogen (secondary N) is 1. The fourth-order valence-corrected chi connectivity index (χ4v) is 6.74. The Hall–Kier alpha value is -6.76. The number of aliphatic carboxylic acids is 1. The number of carboxylic acid groups (broad SMARTS) is 1. The quantitative estimate of drug-likeness (QED) is 0.114. The van der Waals surface area contributed by atoms with Crippen molar-refractivity contribution >= 4 is 35.2 Å². The first-order valence-electron chi connectivity index (χ1n) is 15.8. The summed E-state index contributed by atoms with van der Waals surface area (Å²) in [6, 6.07) is 22.7. The van der Waals surface area contributed by atoms with Crippen molar-refractivity contribution in [2.75, 3.05) is 19.0 Å². The number of Topliss-reactive ketones (excluding diaryl/α,β-unsaturated/α-hetero) is 1. The van der Waals surface area contributed by atoms with Crippen LogP contribution in [0.4, 0.5) is 16.2 Å². The van der Waals surface area contributed by atoms with Gasteiger partial charge in [-0.15, -0.1) is 0 Å². The topological polar surface area (TPSA) is 181 Å². The van der Waals surface area contributed by atoms with Crippen LogP contribution in [-0.4, -0.2) is 47.6 Å². The number of carbonyl (C=O) groups excluding carboxylic acids is 3. The Morgan fingerprint density at radius 3 is 2.49 bits per heavy atom. The molecule has 13 nitrogen and oxygen atoms in total. The number of nitro groups is 1. The summed E-state index contributed by atoms with van der Waals surface area (Å²) in [6.07, 6.45) is 2.08. The van der Waals surface area contributed by atoms with E-state index in [4.69, 9.17) is 18.9 Å². The fraction of sp³-hybridized carbons (Fsp3) is 0.158. The van der Waals surface area contributed by atoms with Crippen LogP contribution < -0.4 is 14.8 Å². The van der Waals surface area contributed by atoms with E-state index in [1.807, 2.05) is 0 Å². The second-order valence-corrected chi connectivity index (χ2v) is 11.9. The minimum absolute atomic E-state index is 0.114. The molecule has 0 saturated heterocycles. The van der Waals surface area contributed by atoms with E-state index in [0.29, 0.717) is 39.1 Å². The number of benzene rings is 4. The summed E-state index contributed by atoms with van der Waals surface area (Å²) in [7, 11) is 1.39. The molecule has 2 atom stereocenters. The minimum atomic E-state index is -1.50. The number of methoxy groups -OCH3 is 1. The first-order valence-corrected chi connectivity index (χ1v) is 15.8. The van der Waals surface area contributed by atoms with Gasteiger partial charge < -0.3 is 24.1 Å². The van der Waals surface area contributed by atoms with Crippen molar-refractivity contribution < 1.29 is 48.2 Å². The molecule has 0 bridgehead atoms. The molecule has 0 radical (unpaired) electrons. The highest BCUT2D eigenvalue weighted by atomic mass is 16.6. The molecule has 7 rings (SSSR count). The molecular formula is C38H28N2O11. The fourth-order valence-electron chi connectivity index (χ4n) is 6.74. The number of fused-ring (bicyclic) bond motifs is 6. The van der Waals surface area contributed by atoms with Crippen molar-refractivity contribution in [1.29, 1.82) is 0 Å². The monoisotopic (exact) mass is 688 g/mol. The molecule has 13 heteroatoms. The summed E-state index contributed by atoms with van der Waals surface area (Å²) < 4.78 is 23.1. The molecule has 0 aromatic heterocycles. The van der Waals surface area contributed by atoms with Crippen molar-refractivity contribution in [2.45, 2.75) is 18.4 Å². The molecule has 256 valence electrons. The summed E-state index contributed by atoms with van der Waals surface area (Å²) in [6.45, 7) is -0.440. The summed E-state index contributed by atoms with van der Waals surface area (Å²) in [5.41, 5.74) is 1.38. The molecule has 2 N–H and O–H groups in total. The average molecular weight is 689 g/mol. The zero-order valence-corrected chi connectivity index (χ0v) is 26.9. The molecule has 51 heavy (non-hydrogen) atoms. The normalized spacial score (nSPS) is 18.3. The number of ketones is 1. The van der Waals surface area contributed by atoms with Crippen molar-refractivity contribution in [3.05, 3.63) is 141 Å². The smallest absolute Gasteiger partial charge is 0.412 e. The number of non-ortho nitro benzene ring substituents is 1. The Balaban J connectivity index is 1.14. The van der Waals surface area contributed by atoms with Crippen LogP contribution in [0.1, 0.15) is 33.5 Å². The van der Waals surface area contributed by atoms with Crippen LogP contribution in [0.2, 0.25) is 0 Å². The number of anilines is 1. The van der Waals surface area contributed by atoms with Gasteiger partial charge in [0.25, 0.3) is 5.69 Å². The molecule has 1 aliphatic carbocycles. The van der Waals surface area contributed by atoms with E-state index in [1.54, 1.807) is 66.7 Å². The number of carbonyl (C=O) groups is 4. The summed E-state index contributed by atoms with van der Waals surface area (Å²) in [4.78, 5) is 62.8. The molecule has 3 aliphatic rings. The molecule has 0 fully saturated rings. The molecule has 2 unspecified atom stereocenters. The van der Waals surface area contributed by atoms with Crippen molar-refractivity contribution in [3.63, 3.8) is 0 Å². The standard InChI is InChI=1S/C38H28N2O11/c1-48-31-15-11-22(26-19-24(40(46)47)14-10-21(26)13-17-33(41)42)18-29(31)39-37(45)49-20-23-12-16-32-34(35(23)43)38(28-8-4-5-9-30(28)50-32)27-7-3-2-6-25(27)36(44)51-38/h2-12,14-16,18-19,34H,13,17,20H2,1H3,(H,39,45)(H,41,42). The molecule has 2 aliphatic heterocycles. The van der Waals surface area contributed by atoms with Crippen molar-refractivity contribution in [1.82, 2.24) is 0 Å². The number of amides is 1. The van der Waals surface area contributed by atoms with Gasteiger partial charge in [-0.1, -0.05) is 48.5 Å². The van der Waals surface area contributed by atoms with Crippen LogP contribution >= 0.6 is 0 Å². The van der Waals surface area contributed by atoms with Gasteiger partial charge in [-0.25, -0.2) is 9.59 Å². The van der Waals surface area contributed by atoms with Crippen LogP contribution in [0, 0.1) is 16.0 Å². The zero-order valence-electron chi connectivity index (χ0n) is 26.9. The number of allylic oxidation sites excluding steroid dienone is 2. The SMILES string of the molecule is COc1ccc(-c2cc([N+](=O)[O-])ccc2CCC(=O)O)cc1NC(=O)OCC1=CC=C2Oc3ccccc3C3(OC(=O)c4ccccc43)C2C1=O. The maximum atomic E-state index is 14.2. The van der Waals surface area contributed by atoms with Gasteiger partial charge in [-0.05, 0) is 59.5 Å². The van der Waals surface area contributed by atoms with E-state index in [2.05, 4.69) is 5.32 Å². The van der Waals surface area contributed by atoms with Crippen LogP contribution in [-0.2, 0) is 31.1 Å². The highest BCUT2D eigenvalue weighted by Gasteiger charge is 2.61. The second-order valence-electron chi connectivity index (χ2n) is 11.9. The van der Waals surface area contributed by atoms with E-state index in [0.717, 1.165) is 0 Å². The number of nitro benzene ring substituents is 1. The second kappa shape index (κ2) is 12.9. The third-order valence-electron chi connectivity index (χ3n) is 9.05. The molecular weight excluding hydrogens is 660 g/mol. The van der Waals surface area contributed by atoms with Crippen LogP contribution in [0.15, 0.2) is 108 Å². The lowest BCUT2D eigenvalue weighted by atomic mass is 9.69. The van der Waals surface area contributed by atoms with Crippen LogP contribution in [0.5, 0.6) is 11.5 Å². The lowest BCUT2D eigenvalue weighted by molar-refractivity contribution is -0.384. The van der Waals surface area contributed by atoms with Gasteiger partial charge in [0.15, 0.2) is 11.4 Å². The van der Waals surface area contributed by atoms with Crippen molar-refractivity contribution in [2.24, 2.45) is 5.92 Å². The Labute approximate surface area is 289 Å². The Morgan fingerprint density at radius 1 is 0.961 bits per heavy atom. The highest BCUT2D eigenvalue weighted by molar-refractivity contribution is 6.05. The van der Waals surface area contributed by atoms with Gasteiger partial charge in [-0.2, -0.15) is 0 Å². The third-order valence-corrected chi connectivity index (χ3v) is 9.05. The van der Waals surface area contributed by atoms with E-state index < -0.39 is 46.9 Å².